The Bertz CT molecular complexity index is 524. The molecule has 2 heterocycles. The van der Waals surface area contributed by atoms with Gasteiger partial charge in [0.25, 0.3) is 0 Å². The molecule has 6 heteroatoms. The summed E-state index contributed by atoms with van der Waals surface area (Å²) in [7, 11) is 0. The molecule has 2 aliphatic heterocycles. The minimum Gasteiger partial charge on any atom is -0.481 e. The molecule has 0 radical (unpaired) electrons. The predicted molar refractivity (Wildman–Crippen MR) is 84.0 cm³/mol. The third-order valence-electron chi connectivity index (χ3n) is 5.08. The SMILES string of the molecule is CC(Oc1ccc(N2CCC3(CCNCC3)C2)cc1)C(F)(F)F. The van der Waals surface area contributed by atoms with Crippen LogP contribution in [0.5, 0.6) is 5.75 Å². The van der Waals surface area contributed by atoms with Gasteiger partial charge in [-0.05, 0) is 69.0 Å². The third kappa shape index (κ3) is 3.74. The summed E-state index contributed by atoms with van der Waals surface area (Å²) in [5, 5.41) is 3.40. The first-order valence-corrected chi connectivity index (χ1v) is 8.17. The van der Waals surface area contributed by atoms with Gasteiger partial charge < -0.3 is 15.0 Å². The van der Waals surface area contributed by atoms with Crippen LogP contribution in [0.1, 0.15) is 26.2 Å². The van der Waals surface area contributed by atoms with Gasteiger partial charge in [0.1, 0.15) is 5.75 Å². The van der Waals surface area contributed by atoms with Crippen LogP contribution in [0, 0.1) is 5.41 Å². The van der Waals surface area contributed by atoms with Crippen molar-refractivity contribution in [3.63, 3.8) is 0 Å². The van der Waals surface area contributed by atoms with Gasteiger partial charge in [0, 0.05) is 18.8 Å². The van der Waals surface area contributed by atoms with E-state index in [9.17, 15) is 13.2 Å². The summed E-state index contributed by atoms with van der Waals surface area (Å²) >= 11 is 0. The largest absolute Gasteiger partial charge is 0.481 e. The highest BCUT2D eigenvalue weighted by Gasteiger charge is 2.39. The number of anilines is 1. The van der Waals surface area contributed by atoms with E-state index in [1.165, 1.54) is 19.3 Å². The highest BCUT2D eigenvalue weighted by atomic mass is 19.4. The van der Waals surface area contributed by atoms with Crippen LogP contribution >= 0.6 is 0 Å². The lowest BCUT2D eigenvalue weighted by Gasteiger charge is -2.34. The molecule has 1 aromatic rings. The maximum atomic E-state index is 12.5. The van der Waals surface area contributed by atoms with Crippen molar-refractivity contribution in [2.75, 3.05) is 31.1 Å². The topological polar surface area (TPSA) is 24.5 Å². The maximum Gasteiger partial charge on any atom is 0.425 e. The van der Waals surface area contributed by atoms with E-state index in [0.29, 0.717) is 5.41 Å². The Balaban J connectivity index is 1.62. The van der Waals surface area contributed by atoms with Gasteiger partial charge in [0.2, 0.25) is 0 Å². The van der Waals surface area contributed by atoms with Crippen molar-refractivity contribution >= 4 is 5.69 Å². The second kappa shape index (κ2) is 6.23. The molecular formula is C17H23F3N2O. The van der Waals surface area contributed by atoms with E-state index in [0.717, 1.165) is 38.8 Å². The zero-order chi connectivity index (χ0) is 16.5. The molecule has 3 nitrogen and oxygen atoms in total. The van der Waals surface area contributed by atoms with Crippen LogP contribution in [0.3, 0.4) is 0 Å². The van der Waals surface area contributed by atoms with Gasteiger partial charge >= 0.3 is 6.18 Å². The van der Waals surface area contributed by atoms with Crippen LogP contribution in [-0.4, -0.2) is 38.5 Å². The van der Waals surface area contributed by atoms with Crippen molar-refractivity contribution in [3.8, 4) is 5.75 Å². The van der Waals surface area contributed by atoms with Crippen molar-refractivity contribution < 1.29 is 17.9 Å². The molecule has 2 saturated heterocycles. The van der Waals surface area contributed by atoms with Gasteiger partial charge in [-0.1, -0.05) is 0 Å². The van der Waals surface area contributed by atoms with E-state index in [2.05, 4.69) is 10.2 Å². The van der Waals surface area contributed by atoms with Gasteiger partial charge in [-0.3, -0.25) is 0 Å². The van der Waals surface area contributed by atoms with Crippen LogP contribution < -0.4 is 15.0 Å². The van der Waals surface area contributed by atoms with E-state index < -0.39 is 12.3 Å². The zero-order valence-electron chi connectivity index (χ0n) is 13.3. The van der Waals surface area contributed by atoms with E-state index in [1.807, 2.05) is 12.1 Å². The summed E-state index contributed by atoms with van der Waals surface area (Å²) in [4.78, 5) is 2.34. The minimum absolute atomic E-state index is 0.259. The van der Waals surface area contributed by atoms with Crippen molar-refractivity contribution in [3.05, 3.63) is 24.3 Å². The molecule has 1 aromatic carbocycles. The second-order valence-electron chi connectivity index (χ2n) is 6.72. The molecule has 0 aromatic heterocycles. The number of halogens is 3. The van der Waals surface area contributed by atoms with Gasteiger partial charge in [0.05, 0.1) is 0 Å². The Morgan fingerprint density at radius 3 is 2.39 bits per heavy atom. The molecule has 1 spiro atoms. The molecule has 1 atom stereocenters. The quantitative estimate of drug-likeness (QED) is 0.918. The average Bonchev–Trinajstić information content (AvgIpc) is 2.91. The smallest absolute Gasteiger partial charge is 0.425 e. The molecular weight excluding hydrogens is 305 g/mol. The lowest BCUT2D eigenvalue weighted by atomic mass is 9.78. The summed E-state index contributed by atoms with van der Waals surface area (Å²) in [5.41, 5.74) is 1.47. The molecule has 0 aliphatic carbocycles. The standard InChI is InChI=1S/C17H23F3N2O/c1-13(17(18,19)20)23-15-4-2-14(3-5-15)22-11-8-16(12-22)6-9-21-10-7-16/h2-5,13,21H,6-12H2,1H3. The van der Waals surface area contributed by atoms with Crippen LogP contribution in [0.4, 0.5) is 18.9 Å². The van der Waals surface area contributed by atoms with E-state index >= 15 is 0 Å². The first-order chi connectivity index (χ1) is 10.9. The molecule has 3 rings (SSSR count). The maximum absolute atomic E-state index is 12.5. The number of alkyl halides is 3. The summed E-state index contributed by atoms with van der Waals surface area (Å²) in [6.07, 6.45) is -2.53. The third-order valence-corrected chi connectivity index (χ3v) is 5.08. The van der Waals surface area contributed by atoms with Crippen LogP contribution in [-0.2, 0) is 0 Å². The fraction of sp³-hybridized carbons (Fsp3) is 0.647. The molecule has 0 bridgehead atoms. The number of hydrogen-bond donors (Lipinski definition) is 1. The first kappa shape index (κ1) is 16.4. The second-order valence-corrected chi connectivity index (χ2v) is 6.72. The fourth-order valence-corrected chi connectivity index (χ4v) is 3.53. The van der Waals surface area contributed by atoms with Crippen LogP contribution in [0.25, 0.3) is 0 Å². The molecule has 0 amide bonds. The first-order valence-electron chi connectivity index (χ1n) is 8.17. The van der Waals surface area contributed by atoms with E-state index in [4.69, 9.17) is 4.74 Å². The Labute approximate surface area is 134 Å². The van der Waals surface area contributed by atoms with E-state index in [1.54, 1.807) is 12.1 Å². The van der Waals surface area contributed by atoms with E-state index in [-0.39, 0.29) is 5.75 Å². The van der Waals surface area contributed by atoms with Crippen molar-refractivity contribution in [1.82, 2.24) is 5.32 Å². The number of ether oxygens (including phenoxy) is 1. The monoisotopic (exact) mass is 328 g/mol. The number of piperidine rings is 1. The molecule has 1 N–H and O–H groups in total. The highest BCUT2D eigenvalue weighted by Crippen LogP contribution is 2.40. The zero-order valence-corrected chi connectivity index (χ0v) is 13.3. The highest BCUT2D eigenvalue weighted by molar-refractivity contribution is 5.50. The fourth-order valence-electron chi connectivity index (χ4n) is 3.53. The summed E-state index contributed by atoms with van der Waals surface area (Å²) in [5.74, 6) is 0.259. The normalized spacial score (nSPS) is 22.3. The molecule has 1 unspecified atom stereocenters. The predicted octanol–water partition coefficient (Wildman–Crippen LogP) is 3.60. The summed E-state index contributed by atoms with van der Waals surface area (Å²) in [6, 6.07) is 6.98. The lowest BCUT2D eigenvalue weighted by molar-refractivity contribution is -0.189. The number of nitrogens with zero attached hydrogens (tertiary/aromatic N) is 1. The number of nitrogens with one attached hydrogen (secondary N) is 1. The molecule has 2 fully saturated rings. The van der Waals surface area contributed by atoms with Gasteiger partial charge in [-0.2, -0.15) is 13.2 Å². The summed E-state index contributed by atoms with van der Waals surface area (Å²) < 4.78 is 42.5. The molecule has 23 heavy (non-hydrogen) atoms. The van der Waals surface area contributed by atoms with Crippen molar-refractivity contribution in [2.45, 2.75) is 38.5 Å². The van der Waals surface area contributed by atoms with Crippen LogP contribution in [0.15, 0.2) is 24.3 Å². The Morgan fingerprint density at radius 1 is 1.13 bits per heavy atom. The molecule has 0 saturated carbocycles. The Hall–Kier alpha value is -1.43. The molecule has 2 aliphatic rings. The lowest BCUT2D eigenvalue weighted by Crippen LogP contribution is -2.38. The minimum atomic E-state index is -4.34. The molecule has 128 valence electrons. The van der Waals surface area contributed by atoms with Gasteiger partial charge in [-0.25, -0.2) is 0 Å². The number of benzene rings is 1. The van der Waals surface area contributed by atoms with Gasteiger partial charge in [-0.15, -0.1) is 0 Å². The van der Waals surface area contributed by atoms with Crippen molar-refractivity contribution in [1.29, 1.82) is 0 Å². The Morgan fingerprint density at radius 2 is 1.78 bits per heavy atom. The number of rotatable bonds is 3. The summed E-state index contributed by atoms with van der Waals surface area (Å²) in [6.45, 7) is 5.23. The Kier molecular flexibility index (Phi) is 4.45. The number of hydrogen-bond acceptors (Lipinski definition) is 3. The van der Waals surface area contributed by atoms with Crippen LogP contribution in [0.2, 0.25) is 0 Å². The van der Waals surface area contributed by atoms with Crippen molar-refractivity contribution in [2.24, 2.45) is 5.41 Å². The average molecular weight is 328 g/mol. The van der Waals surface area contributed by atoms with Gasteiger partial charge in [0.15, 0.2) is 6.10 Å².